The third-order valence-corrected chi connectivity index (χ3v) is 7.71. The molecule has 3 atom stereocenters. The molecule has 1 aliphatic rings. The highest BCUT2D eigenvalue weighted by Crippen LogP contribution is 2.52. The highest BCUT2D eigenvalue weighted by molar-refractivity contribution is 5.81. The average Bonchev–Trinajstić information content (AvgIpc) is 3.40. The van der Waals surface area contributed by atoms with Crippen molar-refractivity contribution in [1.29, 1.82) is 0 Å². The zero-order chi connectivity index (χ0) is 26.2. The highest BCUT2D eigenvalue weighted by Gasteiger charge is 2.57. The summed E-state index contributed by atoms with van der Waals surface area (Å²) in [4.78, 5) is 12.7. The fraction of sp³-hybridized carbons (Fsp3) is 0.233. The quantitative estimate of drug-likeness (QED) is 0.295. The monoisotopic (exact) mass is 509 g/mol. The first-order valence-corrected chi connectivity index (χ1v) is 12.6. The molecule has 0 amide bonds. The molecule has 0 bridgehead atoms. The van der Waals surface area contributed by atoms with Crippen molar-refractivity contribution in [2.24, 2.45) is 5.92 Å². The molecule has 7 nitrogen and oxygen atoms in total. The van der Waals surface area contributed by atoms with Crippen LogP contribution in [0.3, 0.4) is 0 Å². The lowest BCUT2D eigenvalue weighted by Crippen LogP contribution is -2.56. The summed E-state index contributed by atoms with van der Waals surface area (Å²) in [5.74, 6) is -0.387. The lowest BCUT2D eigenvalue weighted by atomic mass is 9.67. The van der Waals surface area contributed by atoms with E-state index in [-0.39, 0.29) is 24.9 Å². The van der Waals surface area contributed by atoms with E-state index in [2.05, 4.69) is 15.0 Å². The van der Waals surface area contributed by atoms with E-state index in [1.54, 1.807) is 6.33 Å². The number of aliphatic hydroxyl groups excluding tert-OH is 1. The lowest BCUT2D eigenvalue weighted by molar-refractivity contribution is -0.145. The van der Waals surface area contributed by atoms with Crippen molar-refractivity contribution in [3.8, 4) is 0 Å². The predicted molar refractivity (Wildman–Crippen MR) is 143 cm³/mol. The molecular formula is C30H28FN5O2. The Balaban J connectivity index is 1.44. The minimum atomic E-state index is -1.81. The van der Waals surface area contributed by atoms with Crippen molar-refractivity contribution < 1.29 is 14.2 Å². The number of imidazole rings is 1. The van der Waals surface area contributed by atoms with Crippen LogP contribution < -0.4 is 5.73 Å². The minimum absolute atomic E-state index is 0.0423. The van der Waals surface area contributed by atoms with Gasteiger partial charge < -0.3 is 20.1 Å². The van der Waals surface area contributed by atoms with E-state index >= 15 is 4.39 Å². The van der Waals surface area contributed by atoms with Crippen LogP contribution in [-0.4, -0.2) is 43.5 Å². The minimum Gasteiger partial charge on any atom is -0.393 e. The maximum Gasteiger partial charge on any atom is 0.165 e. The Morgan fingerprint density at radius 3 is 1.97 bits per heavy atom. The number of nitrogen functional groups attached to an aromatic ring is 1. The van der Waals surface area contributed by atoms with Gasteiger partial charge in [0.15, 0.2) is 11.5 Å². The summed E-state index contributed by atoms with van der Waals surface area (Å²) in [6.07, 6.45) is 3.10. The number of alkyl halides is 1. The molecule has 192 valence electrons. The molecular weight excluding hydrogens is 481 g/mol. The van der Waals surface area contributed by atoms with Gasteiger partial charge in [-0.2, -0.15) is 0 Å². The van der Waals surface area contributed by atoms with Crippen molar-refractivity contribution >= 4 is 17.0 Å². The predicted octanol–water partition coefficient (Wildman–Crippen LogP) is 4.68. The molecule has 0 spiro atoms. The van der Waals surface area contributed by atoms with Crippen LogP contribution in [0.15, 0.2) is 104 Å². The third-order valence-electron chi connectivity index (χ3n) is 7.71. The molecule has 38 heavy (non-hydrogen) atoms. The van der Waals surface area contributed by atoms with E-state index in [0.717, 1.165) is 16.7 Å². The van der Waals surface area contributed by atoms with Gasteiger partial charge in [-0.3, -0.25) is 0 Å². The number of fused-ring (bicyclic) bond motifs is 1. The molecule has 0 aliphatic heterocycles. The number of ether oxygens (including phenoxy) is 1. The lowest BCUT2D eigenvalue weighted by Gasteiger charge is -2.50. The Kier molecular flexibility index (Phi) is 6.13. The standard InChI is InChI=1S/C30H28FN5O2/c31-29(18-37)16-25(36-20-35-26-27(32)33-19-34-28(26)36)24(29)17-38-30(21-10-4-1-5-11-21,22-12-6-2-7-13-22)23-14-8-3-9-15-23/h1-15,19-20,24-25,37H,16-18H2,(H2,32,33,34)/t24-,25+,29-/m0/s1. The first-order valence-electron chi connectivity index (χ1n) is 12.6. The van der Waals surface area contributed by atoms with Crippen LogP contribution in [0.25, 0.3) is 11.2 Å². The summed E-state index contributed by atoms with van der Waals surface area (Å²) < 4.78 is 24.7. The molecule has 0 radical (unpaired) electrons. The van der Waals surface area contributed by atoms with Crippen LogP contribution in [0.4, 0.5) is 10.2 Å². The second kappa shape index (κ2) is 9.63. The van der Waals surface area contributed by atoms with Gasteiger partial charge >= 0.3 is 0 Å². The molecule has 2 heterocycles. The Morgan fingerprint density at radius 1 is 0.895 bits per heavy atom. The number of aliphatic hydroxyl groups is 1. The van der Waals surface area contributed by atoms with Gasteiger partial charge in [-0.05, 0) is 16.7 Å². The highest BCUT2D eigenvalue weighted by atomic mass is 19.1. The van der Waals surface area contributed by atoms with Crippen LogP contribution in [0, 0.1) is 5.92 Å². The summed E-state index contributed by atoms with van der Waals surface area (Å²) >= 11 is 0. The molecule has 1 fully saturated rings. The van der Waals surface area contributed by atoms with E-state index < -0.39 is 23.8 Å². The molecule has 0 saturated heterocycles. The van der Waals surface area contributed by atoms with Crippen LogP contribution >= 0.6 is 0 Å². The van der Waals surface area contributed by atoms with Gasteiger partial charge in [-0.15, -0.1) is 0 Å². The first-order chi connectivity index (χ1) is 18.6. The van der Waals surface area contributed by atoms with Crippen molar-refractivity contribution in [2.75, 3.05) is 18.9 Å². The molecule has 1 aliphatic carbocycles. The van der Waals surface area contributed by atoms with E-state index in [1.165, 1.54) is 6.33 Å². The van der Waals surface area contributed by atoms with Crippen LogP contribution in [0.2, 0.25) is 0 Å². The van der Waals surface area contributed by atoms with Gasteiger partial charge in [0.05, 0.1) is 19.5 Å². The summed E-state index contributed by atoms with van der Waals surface area (Å²) in [5.41, 5.74) is 6.97. The largest absolute Gasteiger partial charge is 0.393 e. The fourth-order valence-electron chi connectivity index (χ4n) is 5.66. The number of anilines is 1. The van der Waals surface area contributed by atoms with E-state index in [4.69, 9.17) is 10.5 Å². The second-order valence-corrected chi connectivity index (χ2v) is 9.74. The number of nitrogens with two attached hydrogens (primary N) is 1. The average molecular weight is 510 g/mol. The number of rotatable bonds is 8. The first kappa shape index (κ1) is 24.2. The zero-order valence-electron chi connectivity index (χ0n) is 20.7. The summed E-state index contributed by atoms with van der Waals surface area (Å²) in [5, 5.41) is 10.1. The van der Waals surface area contributed by atoms with Crippen molar-refractivity contribution in [3.63, 3.8) is 0 Å². The van der Waals surface area contributed by atoms with Crippen molar-refractivity contribution in [2.45, 2.75) is 23.7 Å². The van der Waals surface area contributed by atoms with Gasteiger partial charge in [0.25, 0.3) is 0 Å². The molecule has 8 heteroatoms. The van der Waals surface area contributed by atoms with E-state index in [9.17, 15) is 5.11 Å². The zero-order valence-corrected chi connectivity index (χ0v) is 20.7. The number of hydrogen-bond acceptors (Lipinski definition) is 6. The number of hydrogen-bond donors (Lipinski definition) is 2. The summed E-state index contributed by atoms with van der Waals surface area (Å²) in [6, 6.07) is 29.5. The fourth-order valence-corrected chi connectivity index (χ4v) is 5.66. The smallest absolute Gasteiger partial charge is 0.165 e. The van der Waals surface area contributed by atoms with Crippen molar-refractivity contribution in [3.05, 3.63) is 120 Å². The molecule has 0 unspecified atom stereocenters. The van der Waals surface area contributed by atoms with Crippen molar-refractivity contribution in [1.82, 2.24) is 19.5 Å². The Hall–Kier alpha value is -4.14. The molecule has 1 saturated carbocycles. The van der Waals surface area contributed by atoms with Gasteiger partial charge in [0.2, 0.25) is 0 Å². The van der Waals surface area contributed by atoms with Gasteiger partial charge in [-0.25, -0.2) is 19.3 Å². The molecule has 2 aromatic heterocycles. The van der Waals surface area contributed by atoms with Gasteiger partial charge in [0, 0.05) is 18.4 Å². The van der Waals surface area contributed by atoms with Crippen LogP contribution in [0.1, 0.15) is 29.2 Å². The molecule has 5 aromatic rings. The number of nitrogens with zero attached hydrogens (tertiary/aromatic N) is 4. The van der Waals surface area contributed by atoms with Gasteiger partial charge in [-0.1, -0.05) is 91.0 Å². The molecule has 6 rings (SSSR count). The number of halogens is 1. The number of aromatic nitrogens is 4. The third kappa shape index (κ3) is 3.84. The summed E-state index contributed by atoms with van der Waals surface area (Å²) in [6.45, 7) is -0.559. The SMILES string of the molecule is Nc1ncnc2c1ncn2[C@@H]1C[C@](F)(CO)[C@H]1COC(c1ccccc1)(c1ccccc1)c1ccccc1. The summed E-state index contributed by atoms with van der Waals surface area (Å²) in [7, 11) is 0. The van der Waals surface area contributed by atoms with E-state index in [1.807, 2.05) is 95.6 Å². The van der Waals surface area contributed by atoms with Crippen LogP contribution in [-0.2, 0) is 10.3 Å². The Morgan fingerprint density at radius 2 is 1.45 bits per heavy atom. The second-order valence-electron chi connectivity index (χ2n) is 9.74. The Labute approximate surface area is 219 Å². The van der Waals surface area contributed by atoms with Crippen LogP contribution in [0.5, 0.6) is 0 Å². The Bertz CT molecular complexity index is 1430. The van der Waals surface area contributed by atoms with E-state index in [0.29, 0.717) is 11.2 Å². The van der Waals surface area contributed by atoms with Gasteiger partial charge in [0.1, 0.15) is 23.1 Å². The maximum atomic E-state index is 16.0. The molecule has 3 aromatic carbocycles. The molecule has 3 N–H and O–H groups in total. The topological polar surface area (TPSA) is 99.1 Å². The normalized spacial score (nSPS) is 21.3. The maximum absolute atomic E-state index is 16.0. The number of benzene rings is 3.